The standard InChI is InChI=1S/C10H7NO2.C4H6O2.Ca/c12-10(13)9-6-5-7-3-1-2-4-8(7)11-9;1-3(2)4(5)6;/h1-6H,(H,12,13);1H2,2H3,(H,5,6);/q;;+2/p-2. The molecule has 0 aliphatic heterocycles. The summed E-state index contributed by atoms with van der Waals surface area (Å²) in [6.45, 7) is 4.48. The van der Waals surface area contributed by atoms with Gasteiger partial charge in [-0.2, -0.15) is 0 Å². The van der Waals surface area contributed by atoms with E-state index in [9.17, 15) is 19.8 Å². The Morgan fingerprint density at radius 3 is 2.15 bits per heavy atom. The third-order valence-corrected chi connectivity index (χ3v) is 2.16. The van der Waals surface area contributed by atoms with Gasteiger partial charge in [0.25, 0.3) is 0 Å². The van der Waals surface area contributed by atoms with Crippen LogP contribution in [0.15, 0.2) is 48.6 Å². The van der Waals surface area contributed by atoms with Gasteiger partial charge in [0, 0.05) is 5.39 Å². The third kappa shape index (κ3) is 5.69. The van der Waals surface area contributed by atoms with Crippen molar-refractivity contribution in [2.75, 3.05) is 0 Å². The van der Waals surface area contributed by atoms with Gasteiger partial charge in [-0.3, -0.25) is 0 Å². The number of para-hydroxylation sites is 1. The van der Waals surface area contributed by atoms with Crippen LogP contribution in [0.25, 0.3) is 10.9 Å². The number of hydrogen-bond donors (Lipinski definition) is 0. The first kappa shape index (κ1) is 18.6. The minimum absolute atomic E-state index is 0. The second-order valence-electron chi connectivity index (χ2n) is 3.74. The van der Waals surface area contributed by atoms with E-state index in [0.29, 0.717) is 5.52 Å². The number of pyridine rings is 1. The fourth-order valence-corrected chi connectivity index (χ4v) is 1.18. The quantitative estimate of drug-likeness (QED) is 0.552. The van der Waals surface area contributed by atoms with Gasteiger partial charge in [0.2, 0.25) is 0 Å². The molecule has 0 aliphatic carbocycles. The Kier molecular flexibility index (Phi) is 8.06. The van der Waals surface area contributed by atoms with Gasteiger partial charge in [-0.1, -0.05) is 30.8 Å². The van der Waals surface area contributed by atoms with Crippen molar-refractivity contribution in [1.82, 2.24) is 4.98 Å². The zero-order valence-electron chi connectivity index (χ0n) is 11.0. The average molecular weight is 297 g/mol. The van der Waals surface area contributed by atoms with E-state index in [1.165, 1.54) is 13.0 Å². The molecule has 2 rings (SSSR count). The molecular weight excluding hydrogens is 286 g/mol. The molecule has 0 fully saturated rings. The minimum Gasteiger partial charge on any atom is -0.545 e. The van der Waals surface area contributed by atoms with E-state index >= 15 is 0 Å². The van der Waals surface area contributed by atoms with Crippen molar-refractivity contribution in [3.8, 4) is 0 Å². The Balaban J connectivity index is 0.000000448. The predicted molar refractivity (Wildman–Crippen MR) is 71.6 cm³/mol. The molecule has 0 amide bonds. The maximum atomic E-state index is 10.5. The Morgan fingerprint density at radius 2 is 1.65 bits per heavy atom. The van der Waals surface area contributed by atoms with Gasteiger partial charge in [0.1, 0.15) is 0 Å². The SMILES string of the molecule is C=C(C)C(=O)[O-].O=C([O-])c1ccc2ccccc2n1.[Ca+2]. The van der Waals surface area contributed by atoms with Crippen LogP contribution in [0.5, 0.6) is 0 Å². The number of carboxylic acids is 2. The van der Waals surface area contributed by atoms with Crippen molar-refractivity contribution < 1.29 is 19.8 Å². The smallest absolute Gasteiger partial charge is 0.545 e. The van der Waals surface area contributed by atoms with E-state index in [2.05, 4.69) is 11.6 Å². The molecule has 0 atom stereocenters. The molecule has 0 N–H and O–H groups in total. The summed E-state index contributed by atoms with van der Waals surface area (Å²) in [6.07, 6.45) is 0. The molecular formula is C14H11CaNO4. The minimum atomic E-state index is -1.24. The summed E-state index contributed by atoms with van der Waals surface area (Å²) in [6, 6.07) is 10.5. The first-order chi connectivity index (χ1) is 8.91. The molecule has 0 saturated carbocycles. The normalized spacial score (nSPS) is 8.85. The van der Waals surface area contributed by atoms with E-state index < -0.39 is 11.9 Å². The monoisotopic (exact) mass is 297 g/mol. The van der Waals surface area contributed by atoms with Crippen LogP contribution in [0.2, 0.25) is 0 Å². The van der Waals surface area contributed by atoms with E-state index in [1.54, 1.807) is 12.1 Å². The van der Waals surface area contributed by atoms with Crippen molar-refractivity contribution >= 4 is 60.6 Å². The number of hydrogen-bond acceptors (Lipinski definition) is 5. The zero-order valence-corrected chi connectivity index (χ0v) is 13.2. The summed E-state index contributed by atoms with van der Waals surface area (Å²) in [4.78, 5) is 23.9. The van der Waals surface area contributed by atoms with Gasteiger partial charge in [-0.15, -0.1) is 0 Å². The number of benzene rings is 1. The van der Waals surface area contributed by atoms with Gasteiger partial charge in [-0.25, -0.2) is 4.98 Å². The molecule has 0 bridgehead atoms. The van der Waals surface area contributed by atoms with Crippen molar-refractivity contribution in [3.63, 3.8) is 0 Å². The van der Waals surface area contributed by atoms with Gasteiger partial charge >= 0.3 is 37.7 Å². The fourth-order valence-electron chi connectivity index (χ4n) is 1.18. The maximum Gasteiger partial charge on any atom is 2.00 e. The molecule has 0 aliphatic rings. The van der Waals surface area contributed by atoms with Gasteiger partial charge in [-0.05, 0) is 24.6 Å². The van der Waals surface area contributed by atoms with Gasteiger partial charge in [0.05, 0.1) is 23.1 Å². The van der Waals surface area contributed by atoms with Gasteiger partial charge < -0.3 is 19.8 Å². The summed E-state index contributed by atoms with van der Waals surface area (Å²) < 4.78 is 0. The molecule has 20 heavy (non-hydrogen) atoms. The van der Waals surface area contributed by atoms with E-state index in [4.69, 9.17) is 0 Å². The summed E-state index contributed by atoms with van der Waals surface area (Å²) in [7, 11) is 0. The maximum absolute atomic E-state index is 10.5. The van der Waals surface area contributed by atoms with Crippen molar-refractivity contribution in [2.24, 2.45) is 0 Å². The van der Waals surface area contributed by atoms with Crippen LogP contribution in [0.4, 0.5) is 0 Å². The number of fused-ring (bicyclic) bond motifs is 1. The van der Waals surface area contributed by atoms with Crippen molar-refractivity contribution in [3.05, 3.63) is 54.2 Å². The van der Waals surface area contributed by atoms with Crippen LogP contribution in [0, 0.1) is 0 Å². The number of rotatable bonds is 2. The Hall–Kier alpha value is -1.43. The summed E-state index contributed by atoms with van der Waals surface area (Å²) in [5, 5.41) is 20.9. The number of nitrogens with zero attached hydrogens (tertiary/aromatic N) is 1. The zero-order chi connectivity index (χ0) is 14.4. The molecule has 1 aromatic carbocycles. The third-order valence-electron chi connectivity index (χ3n) is 2.16. The number of aromatic nitrogens is 1. The number of carbonyl (C=O) groups excluding carboxylic acids is 2. The molecule has 0 unspecified atom stereocenters. The van der Waals surface area contributed by atoms with E-state index in [1.807, 2.05) is 18.2 Å². The van der Waals surface area contributed by atoms with Crippen molar-refractivity contribution in [2.45, 2.75) is 6.92 Å². The molecule has 6 heteroatoms. The van der Waals surface area contributed by atoms with Crippen LogP contribution < -0.4 is 10.2 Å². The van der Waals surface area contributed by atoms with Crippen molar-refractivity contribution in [1.29, 1.82) is 0 Å². The average Bonchev–Trinajstić information content (AvgIpc) is 2.38. The summed E-state index contributed by atoms with van der Waals surface area (Å²) >= 11 is 0. The Morgan fingerprint density at radius 1 is 1.10 bits per heavy atom. The first-order valence-corrected chi connectivity index (χ1v) is 5.36. The molecule has 2 aromatic rings. The Labute approximate surface area is 146 Å². The molecule has 0 saturated heterocycles. The molecule has 0 radical (unpaired) electrons. The number of aromatic carboxylic acids is 1. The van der Waals surface area contributed by atoms with Crippen LogP contribution in [0.1, 0.15) is 17.4 Å². The van der Waals surface area contributed by atoms with Crippen LogP contribution in [-0.4, -0.2) is 54.7 Å². The second kappa shape index (κ2) is 8.68. The molecule has 5 nitrogen and oxygen atoms in total. The Bertz CT molecular complexity index is 628. The predicted octanol–water partition coefficient (Wildman–Crippen LogP) is -0.470. The number of carboxylic acid groups (broad SMARTS) is 2. The molecule has 98 valence electrons. The fraction of sp³-hybridized carbons (Fsp3) is 0.0714. The number of aliphatic carboxylic acids is 1. The van der Waals surface area contributed by atoms with Crippen LogP contribution in [0.3, 0.4) is 0 Å². The summed E-state index contributed by atoms with van der Waals surface area (Å²) in [5.41, 5.74) is 0.706. The molecule has 0 spiro atoms. The van der Waals surface area contributed by atoms with E-state index in [0.717, 1.165) is 5.39 Å². The van der Waals surface area contributed by atoms with Gasteiger partial charge in [0.15, 0.2) is 0 Å². The molecule has 1 aromatic heterocycles. The van der Waals surface area contributed by atoms with E-state index in [-0.39, 0.29) is 49.0 Å². The topological polar surface area (TPSA) is 93.1 Å². The summed E-state index contributed by atoms with van der Waals surface area (Å²) in [5.74, 6) is -2.43. The van der Waals surface area contributed by atoms with Crippen LogP contribution in [-0.2, 0) is 4.79 Å². The first-order valence-electron chi connectivity index (χ1n) is 5.36. The number of carbonyl (C=O) groups is 2. The second-order valence-corrected chi connectivity index (χ2v) is 3.74. The largest absolute Gasteiger partial charge is 2.00 e. The van der Waals surface area contributed by atoms with Crippen LogP contribution >= 0.6 is 0 Å². The molecule has 1 heterocycles.